The normalized spacial score (nSPS) is 15.4. The maximum Gasteiger partial charge on any atom is 0.284 e. The highest BCUT2D eigenvalue weighted by Crippen LogP contribution is 2.22. The molecule has 2 heterocycles. The topological polar surface area (TPSA) is 109 Å². The van der Waals surface area contributed by atoms with Gasteiger partial charge in [-0.1, -0.05) is 18.2 Å². The number of primary amides is 1. The summed E-state index contributed by atoms with van der Waals surface area (Å²) >= 11 is 5.51. The molecule has 1 aliphatic rings. The largest absolute Gasteiger partial charge is 0.438 e. The van der Waals surface area contributed by atoms with Crippen LogP contribution >= 0.6 is 12.2 Å². The van der Waals surface area contributed by atoms with Gasteiger partial charge in [0.2, 0.25) is 5.09 Å². The second-order valence-corrected chi connectivity index (χ2v) is 8.83. The lowest BCUT2D eigenvalue weighted by molar-refractivity contribution is 0.0968. The lowest BCUT2D eigenvalue weighted by Gasteiger charge is -2.35. The number of benzene rings is 1. The molecule has 8 nitrogen and oxygen atoms in total. The Morgan fingerprint density at radius 2 is 1.71 bits per heavy atom. The zero-order chi connectivity index (χ0) is 20.5. The highest BCUT2D eigenvalue weighted by atomic mass is 32.2. The molecule has 1 saturated heterocycles. The van der Waals surface area contributed by atoms with Gasteiger partial charge in [-0.3, -0.25) is 4.79 Å². The summed E-state index contributed by atoms with van der Waals surface area (Å²) in [6.07, 6.45) is 0. The van der Waals surface area contributed by atoms with Crippen LogP contribution in [0.3, 0.4) is 0 Å². The predicted molar refractivity (Wildman–Crippen MR) is 110 cm³/mol. The lowest BCUT2D eigenvalue weighted by Crippen LogP contribution is -2.51. The summed E-state index contributed by atoms with van der Waals surface area (Å²) in [7, 11) is -3.83. The molecule has 1 aromatic carbocycles. The van der Waals surface area contributed by atoms with Crippen LogP contribution in [0.25, 0.3) is 0 Å². The Bertz CT molecular complexity index is 988. The molecule has 3 rings (SSSR count). The third-order valence-corrected chi connectivity index (χ3v) is 6.79. The standard InChI is InChI=1S/C18H22N4O4S2/c1-12-4-3-5-13(2)16(12)20-18(27)21-8-10-22(11-9-21)28(24,25)15-7-6-14(26-15)17(19)23/h3-7H,8-11H2,1-2H3,(H2,19,23)(H,20,27). The number of amides is 1. The van der Waals surface area contributed by atoms with Gasteiger partial charge in [-0.15, -0.1) is 0 Å². The van der Waals surface area contributed by atoms with Gasteiger partial charge in [0.25, 0.3) is 15.9 Å². The summed E-state index contributed by atoms with van der Waals surface area (Å²) in [5, 5.41) is 3.54. The van der Waals surface area contributed by atoms with Crippen LogP contribution < -0.4 is 11.1 Å². The number of carbonyl (C=O) groups excluding carboxylic acids is 1. The molecule has 0 aliphatic carbocycles. The van der Waals surface area contributed by atoms with Crippen molar-refractivity contribution >= 4 is 38.9 Å². The van der Waals surface area contributed by atoms with Crippen molar-refractivity contribution in [1.29, 1.82) is 0 Å². The number of hydrogen-bond donors (Lipinski definition) is 2. The second-order valence-electron chi connectivity index (χ2n) is 6.57. The van der Waals surface area contributed by atoms with Gasteiger partial charge in [0.15, 0.2) is 10.9 Å². The number of nitrogens with two attached hydrogens (primary N) is 1. The molecule has 1 aliphatic heterocycles. The van der Waals surface area contributed by atoms with Gasteiger partial charge < -0.3 is 20.4 Å². The number of sulfonamides is 1. The lowest BCUT2D eigenvalue weighted by atomic mass is 10.1. The Kier molecular flexibility index (Phi) is 5.73. The summed E-state index contributed by atoms with van der Waals surface area (Å²) in [4.78, 5) is 13.1. The molecule has 1 amide bonds. The fourth-order valence-corrected chi connectivity index (χ4v) is 4.67. The third-order valence-electron chi connectivity index (χ3n) is 4.66. The van der Waals surface area contributed by atoms with E-state index >= 15 is 0 Å². The van der Waals surface area contributed by atoms with Gasteiger partial charge in [0.05, 0.1) is 0 Å². The molecule has 0 bridgehead atoms. The minimum atomic E-state index is -3.83. The Balaban J connectivity index is 1.65. The van der Waals surface area contributed by atoms with Crippen LogP contribution in [-0.4, -0.2) is 54.8 Å². The number of hydrogen-bond acceptors (Lipinski definition) is 5. The number of rotatable bonds is 4. The number of piperazine rings is 1. The van der Waals surface area contributed by atoms with Crippen LogP contribution in [0.5, 0.6) is 0 Å². The quantitative estimate of drug-likeness (QED) is 0.722. The van der Waals surface area contributed by atoms with Crippen LogP contribution in [0.1, 0.15) is 21.7 Å². The molecule has 0 unspecified atom stereocenters. The number of aryl methyl sites for hydroxylation is 2. The molecule has 28 heavy (non-hydrogen) atoms. The maximum absolute atomic E-state index is 12.7. The van der Waals surface area contributed by atoms with Crippen LogP contribution in [0.4, 0.5) is 5.69 Å². The molecule has 1 fully saturated rings. The fraction of sp³-hybridized carbons (Fsp3) is 0.333. The minimum Gasteiger partial charge on any atom is -0.438 e. The summed E-state index contributed by atoms with van der Waals surface area (Å²) in [6.45, 7) is 5.41. The molecule has 0 radical (unpaired) electrons. The van der Waals surface area contributed by atoms with E-state index in [1.807, 2.05) is 36.9 Å². The Morgan fingerprint density at radius 3 is 2.25 bits per heavy atom. The molecule has 1 aromatic heterocycles. The fourth-order valence-electron chi connectivity index (χ4n) is 3.05. The molecule has 2 aromatic rings. The number of anilines is 1. The van der Waals surface area contributed by atoms with Crippen molar-refractivity contribution in [2.75, 3.05) is 31.5 Å². The first-order valence-electron chi connectivity index (χ1n) is 8.72. The van der Waals surface area contributed by atoms with Crippen molar-refractivity contribution in [2.45, 2.75) is 18.9 Å². The SMILES string of the molecule is Cc1cccc(C)c1NC(=S)N1CCN(S(=O)(=O)c2ccc(C(N)=O)o2)CC1. The van der Waals surface area contributed by atoms with Crippen molar-refractivity contribution in [3.8, 4) is 0 Å². The molecule has 10 heteroatoms. The highest BCUT2D eigenvalue weighted by molar-refractivity contribution is 7.89. The molecular weight excluding hydrogens is 400 g/mol. The van der Waals surface area contributed by atoms with E-state index in [2.05, 4.69) is 5.32 Å². The van der Waals surface area contributed by atoms with E-state index in [9.17, 15) is 13.2 Å². The van der Waals surface area contributed by atoms with E-state index in [1.54, 1.807) is 0 Å². The first kappa shape index (κ1) is 20.3. The summed E-state index contributed by atoms with van der Waals surface area (Å²) in [6, 6.07) is 8.50. The first-order chi connectivity index (χ1) is 13.2. The van der Waals surface area contributed by atoms with Gasteiger partial charge in [-0.2, -0.15) is 4.31 Å². The number of furan rings is 1. The second kappa shape index (κ2) is 7.90. The Hall–Kier alpha value is -2.43. The first-order valence-corrected chi connectivity index (χ1v) is 10.6. The Labute approximate surface area is 169 Å². The van der Waals surface area contributed by atoms with Crippen LogP contribution in [-0.2, 0) is 10.0 Å². The van der Waals surface area contributed by atoms with Gasteiger partial charge in [0, 0.05) is 31.9 Å². The molecule has 0 atom stereocenters. The zero-order valence-electron chi connectivity index (χ0n) is 15.6. The van der Waals surface area contributed by atoms with Gasteiger partial charge in [-0.05, 0) is 49.3 Å². The van der Waals surface area contributed by atoms with E-state index in [-0.39, 0.29) is 23.9 Å². The minimum absolute atomic E-state index is 0.184. The molecule has 150 valence electrons. The van der Waals surface area contributed by atoms with Crippen molar-refractivity contribution in [2.24, 2.45) is 5.73 Å². The maximum atomic E-state index is 12.7. The number of para-hydroxylation sites is 1. The predicted octanol–water partition coefficient (Wildman–Crippen LogP) is 1.70. The number of carbonyl (C=O) groups is 1. The van der Waals surface area contributed by atoms with Gasteiger partial charge >= 0.3 is 0 Å². The van der Waals surface area contributed by atoms with Gasteiger partial charge in [0.1, 0.15) is 0 Å². The van der Waals surface area contributed by atoms with Gasteiger partial charge in [-0.25, -0.2) is 8.42 Å². The summed E-state index contributed by atoms with van der Waals surface area (Å²) < 4.78 is 31.8. The highest BCUT2D eigenvalue weighted by Gasteiger charge is 2.32. The third kappa shape index (κ3) is 4.03. The smallest absolute Gasteiger partial charge is 0.284 e. The zero-order valence-corrected chi connectivity index (χ0v) is 17.3. The van der Waals surface area contributed by atoms with Crippen molar-refractivity contribution in [1.82, 2.24) is 9.21 Å². The van der Waals surface area contributed by atoms with Crippen molar-refractivity contribution < 1.29 is 17.6 Å². The van der Waals surface area contributed by atoms with Crippen LogP contribution in [0.15, 0.2) is 39.8 Å². The molecule has 0 spiro atoms. The van der Waals surface area contributed by atoms with E-state index in [4.69, 9.17) is 22.4 Å². The Morgan fingerprint density at radius 1 is 1.11 bits per heavy atom. The molecule has 0 saturated carbocycles. The van der Waals surface area contributed by atoms with E-state index in [0.29, 0.717) is 18.2 Å². The van der Waals surface area contributed by atoms with E-state index in [0.717, 1.165) is 16.8 Å². The summed E-state index contributed by atoms with van der Waals surface area (Å²) in [5.41, 5.74) is 8.26. The van der Waals surface area contributed by atoms with Crippen molar-refractivity contribution in [3.05, 3.63) is 47.2 Å². The van der Waals surface area contributed by atoms with Crippen LogP contribution in [0.2, 0.25) is 0 Å². The van der Waals surface area contributed by atoms with E-state index < -0.39 is 15.9 Å². The number of thiocarbonyl (C=S) groups is 1. The number of nitrogens with one attached hydrogen (secondary N) is 1. The van der Waals surface area contributed by atoms with Crippen LogP contribution in [0, 0.1) is 13.8 Å². The number of nitrogens with zero attached hydrogens (tertiary/aromatic N) is 2. The monoisotopic (exact) mass is 422 g/mol. The average Bonchev–Trinajstić information content (AvgIpc) is 3.16. The summed E-state index contributed by atoms with van der Waals surface area (Å²) in [5.74, 6) is -0.995. The molecule has 3 N–H and O–H groups in total. The van der Waals surface area contributed by atoms with Crippen molar-refractivity contribution in [3.63, 3.8) is 0 Å². The molecular formula is C18H22N4O4S2. The van der Waals surface area contributed by atoms with E-state index in [1.165, 1.54) is 16.4 Å². The average molecular weight is 423 g/mol.